The number of hydrogen-bond donors (Lipinski definition) is 0. The van der Waals surface area contributed by atoms with Crippen molar-refractivity contribution in [2.24, 2.45) is 5.41 Å². The summed E-state index contributed by atoms with van der Waals surface area (Å²) in [5, 5.41) is 8.58. The molecule has 0 amide bonds. The van der Waals surface area contributed by atoms with E-state index in [-0.39, 0.29) is 11.7 Å². The molecule has 0 saturated carbocycles. The Hall–Kier alpha value is -2.20. The van der Waals surface area contributed by atoms with Crippen molar-refractivity contribution in [3.8, 4) is 23.1 Å². The van der Waals surface area contributed by atoms with Crippen molar-refractivity contribution in [3.63, 3.8) is 0 Å². The van der Waals surface area contributed by atoms with Gasteiger partial charge in [-0.15, -0.1) is 5.10 Å². The van der Waals surface area contributed by atoms with Gasteiger partial charge in [-0.1, -0.05) is 43.9 Å². The monoisotopic (exact) mass is 369 g/mol. The normalized spacial score (nSPS) is 16.7. The van der Waals surface area contributed by atoms with Crippen molar-refractivity contribution in [2.45, 2.75) is 40.0 Å². The molecule has 2 aromatic rings. The summed E-state index contributed by atoms with van der Waals surface area (Å²) in [7, 11) is 1.64. The minimum atomic E-state index is -0.281. The number of methoxy groups -OCH3 is 1. The number of aryl methyl sites for hydroxylation is 1. The number of aromatic nitrogens is 3. The lowest BCUT2D eigenvalue weighted by atomic mass is 9.96. The van der Waals surface area contributed by atoms with Crippen LogP contribution in [0.4, 0.5) is 0 Å². The summed E-state index contributed by atoms with van der Waals surface area (Å²) in [6, 6.07) is 6.16. The summed E-state index contributed by atoms with van der Waals surface area (Å²) in [5.41, 5.74) is 4.16. The van der Waals surface area contributed by atoms with E-state index in [4.69, 9.17) is 14.2 Å². The standard InChI is InChI=1S/C21H27N3O3/c1-5-17-11-16(7-6-10-25-4)8-9-18(17)19-12-24(23-22-19)13-20-26-14-21(2,3)15-27-20/h8-9,11-12,20H,5,10,13-15H2,1-4H3. The summed E-state index contributed by atoms with van der Waals surface area (Å²) in [6.07, 6.45) is 2.56. The smallest absolute Gasteiger partial charge is 0.177 e. The van der Waals surface area contributed by atoms with Crippen LogP contribution in [0.1, 0.15) is 31.9 Å². The van der Waals surface area contributed by atoms with Crippen LogP contribution >= 0.6 is 0 Å². The highest BCUT2D eigenvalue weighted by Gasteiger charge is 2.28. The van der Waals surface area contributed by atoms with Crippen molar-refractivity contribution in [1.82, 2.24) is 15.0 Å². The molecule has 0 bridgehead atoms. The van der Waals surface area contributed by atoms with Crippen molar-refractivity contribution in [3.05, 3.63) is 35.5 Å². The van der Waals surface area contributed by atoms with Crippen LogP contribution in [0.15, 0.2) is 24.4 Å². The molecule has 1 aromatic carbocycles. The molecular formula is C21H27N3O3. The molecule has 0 spiro atoms. The predicted molar refractivity (Wildman–Crippen MR) is 103 cm³/mol. The number of benzene rings is 1. The molecule has 1 saturated heterocycles. The molecule has 2 heterocycles. The summed E-state index contributed by atoms with van der Waals surface area (Å²) in [4.78, 5) is 0. The lowest BCUT2D eigenvalue weighted by Crippen LogP contribution is -2.39. The highest BCUT2D eigenvalue weighted by atomic mass is 16.7. The second kappa shape index (κ2) is 8.66. The zero-order chi connectivity index (χ0) is 19.3. The van der Waals surface area contributed by atoms with Gasteiger partial charge in [-0.3, -0.25) is 0 Å². The van der Waals surface area contributed by atoms with Gasteiger partial charge in [-0.25, -0.2) is 4.68 Å². The fourth-order valence-electron chi connectivity index (χ4n) is 2.92. The van der Waals surface area contributed by atoms with Crippen molar-refractivity contribution >= 4 is 0 Å². The first kappa shape index (κ1) is 19.6. The topological polar surface area (TPSA) is 58.4 Å². The average molecular weight is 369 g/mol. The van der Waals surface area contributed by atoms with E-state index in [0.717, 1.165) is 23.2 Å². The first-order chi connectivity index (χ1) is 13.0. The van der Waals surface area contributed by atoms with Crippen LogP contribution in [0, 0.1) is 17.3 Å². The van der Waals surface area contributed by atoms with E-state index in [1.54, 1.807) is 11.8 Å². The Balaban J connectivity index is 1.71. The Morgan fingerprint density at radius 2 is 2.07 bits per heavy atom. The van der Waals surface area contributed by atoms with Crippen molar-refractivity contribution in [2.75, 3.05) is 26.9 Å². The molecule has 6 heteroatoms. The molecule has 1 aromatic heterocycles. The molecule has 6 nitrogen and oxygen atoms in total. The summed E-state index contributed by atoms with van der Waals surface area (Å²) < 4.78 is 18.3. The lowest BCUT2D eigenvalue weighted by molar-refractivity contribution is -0.227. The van der Waals surface area contributed by atoms with E-state index >= 15 is 0 Å². The van der Waals surface area contributed by atoms with E-state index < -0.39 is 0 Å². The molecule has 0 atom stereocenters. The molecule has 0 radical (unpaired) electrons. The first-order valence-corrected chi connectivity index (χ1v) is 9.25. The Morgan fingerprint density at radius 3 is 2.78 bits per heavy atom. The number of rotatable bonds is 5. The van der Waals surface area contributed by atoms with Crippen molar-refractivity contribution < 1.29 is 14.2 Å². The fourth-order valence-corrected chi connectivity index (χ4v) is 2.92. The van der Waals surface area contributed by atoms with E-state index in [1.165, 1.54) is 5.56 Å². The second-order valence-corrected chi connectivity index (χ2v) is 7.50. The third kappa shape index (κ3) is 5.16. The van der Waals surface area contributed by atoms with E-state index in [1.807, 2.05) is 12.3 Å². The Kier molecular flexibility index (Phi) is 6.27. The average Bonchev–Trinajstić information content (AvgIpc) is 3.12. The maximum Gasteiger partial charge on any atom is 0.177 e. The van der Waals surface area contributed by atoms with Gasteiger partial charge in [0, 0.05) is 23.7 Å². The maximum atomic E-state index is 5.78. The maximum absolute atomic E-state index is 5.78. The van der Waals surface area contributed by atoms with Gasteiger partial charge in [-0.05, 0) is 24.1 Å². The third-order valence-corrected chi connectivity index (χ3v) is 4.41. The van der Waals surface area contributed by atoms with Crippen LogP contribution < -0.4 is 0 Å². The molecule has 0 aliphatic carbocycles. The van der Waals surface area contributed by atoms with Crippen LogP contribution in [0.5, 0.6) is 0 Å². The van der Waals surface area contributed by atoms with E-state index in [0.29, 0.717) is 26.4 Å². The lowest BCUT2D eigenvalue weighted by Gasteiger charge is -2.34. The van der Waals surface area contributed by atoms with Gasteiger partial charge in [0.05, 0.1) is 26.0 Å². The van der Waals surface area contributed by atoms with Crippen LogP contribution in [-0.4, -0.2) is 48.2 Å². The first-order valence-electron chi connectivity index (χ1n) is 9.25. The van der Waals surface area contributed by atoms with Gasteiger partial charge < -0.3 is 14.2 Å². The number of ether oxygens (including phenoxy) is 3. The van der Waals surface area contributed by atoms with E-state index in [9.17, 15) is 0 Å². The van der Waals surface area contributed by atoms with Crippen LogP contribution in [0.25, 0.3) is 11.3 Å². The van der Waals surface area contributed by atoms with Gasteiger partial charge in [0.15, 0.2) is 6.29 Å². The Labute approximate surface area is 160 Å². The molecule has 27 heavy (non-hydrogen) atoms. The fraction of sp³-hybridized carbons (Fsp3) is 0.524. The molecule has 144 valence electrons. The SMILES string of the molecule is CCc1cc(C#CCOC)ccc1-c1cn(CC2OCC(C)(C)CO2)nn1. The quantitative estimate of drug-likeness (QED) is 0.759. The zero-order valence-corrected chi connectivity index (χ0v) is 16.5. The number of hydrogen-bond acceptors (Lipinski definition) is 5. The zero-order valence-electron chi connectivity index (χ0n) is 16.5. The second-order valence-electron chi connectivity index (χ2n) is 7.50. The molecule has 0 N–H and O–H groups in total. The number of nitrogens with zero attached hydrogens (tertiary/aromatic N) is 3. The van der Waals surface area contributed by atoms with Crippen LogP contribution in [0.2, 0.25) is 0 Å². The van der Waals surface area contributed by atoms with Gasteiger partial charge >= 0.3 is 0 Å². The third-order valence-electron chi connectivity index (χ3n) is 4.41. The largest absolute Gasteiger partial charge is 0.372 e. The van der Waals surface area contributed by atoms with Gasteiger partial charge in [-0.2, -0.15) is 0 Å². The molecule has 1 aliphatic rings. The Morgan fingerprint density at radius 1 is 1.30 bits per heavy atom. The van der Waals surface area contributed by atoms with Crippen molar-refractivity contribution in [1.29, 1.82) is 0 Å². The molecule has 3 rings (SSSR count). The van der Waals surface area contributed by atoms with E-state index in [2.05, 4.69) is 55.1 Å². The minimum Gasteiger partial charge on any atom is -0.372 e. The predicted octanol–water partition coefficient (Wildman–Crippen LogP) is 2.90. The Bertz CT molecular complexity index is 823. The molecule has 1 fully saturated rings. The summed E-state index contributed by atoms with van der Waals surface area (Å²) in [6.45, 7) is 8.72. The molecule has 0 unspecified atom stereocenters. The van der Waals surface area contributed by atoms with Gasteiger partial charge in [0.1, 0.15) is 12.3 Å². The molecular weight excluding hydrogens is 342 g/mol. The summed E-state index contributed by atoms with van der Waals surface area (Å²) >= 11 is 0. The van der Waals surface area contributed by atoms with Crippen LogP contribution in [0.3, 0.4) is 0 Å². The highest BCUT2D eigenvalue weighted by Crippen LogP contribution is 2.25. The highest BCUT2D eigenvalue weighted by molar-refractivity contribution is 5.64. The minimum absolute atomic E-state index is 0.0634. The molecule has 1 aliphatic heterocycles. The summed E-state index contributed by atoms with van der Waals surface area (Å²) in [5.74, 6) is 6.10. The van der Waals surface area contributed by atoms with Crippen LogP contribution in [-0.2, 0) is 27.2 Å². The van der Waals surface area contributed by atoms with Gasteiger partial charge in [0.2, 0.25) is 0 Å². The van der Waals surface area contributed by atoms with Gasteiger partial charge in [0.25, 0.3) is 0 Å².